The molecule has 2 aromatic rings. The van der Waals surface area contributed by atoms with Gasteiger partial charge in [0.25, 0.3) is 11.7 Å². The lowest BCUT2D eigenvalue weighted by Crippen LogP contribution is -2.18. The molecule has 6 nitrogen and oxygen atoms in total. The summed E-state index contributed by atoms with van der Waals surface area (Å²) in [6, 6.07) is 3.78. The lowest BCUT2D eigenvalue weighted by Gasteiger charge is -2.09. The van der Waals surface area contributed by atoms with Crippen LogP contribution in [-0.2, 0) is 17.8 Å². The van der Waals surface area contributed by atoms with Crippen molar-refractivity contribution >= 4 is 34.9 Å². The average Bonchev–Trinajstić information content (AvgIpc) is 3.09. The maximum Gasteiger partial charge on any atom is 0.377 e. The number of nitrogens with zero attached hydrogens (tertiary/aromatic N) is 1. The van der Waals surface area contributed by atoms with Crippen LogP contribution in [0.4, 0.5) is 10.1 Å². The smallest absolute Gasteiger partial charge is 0.377 e. The van der Waals surface area contributed by atoms with Crippen molar-refractivity contribution in [3.8, 4) is 0 Å². The standard InChI is InChI=1S/C17H14ClFN2O4/c1-8-13(15(22)17(24)25)12-3-2-6-21(12)14(8)16(23)20-9-4-5-11(19)10(18)7-9/h4-5,7H,2-3,6H2,1H3,(H,20,23)(H,24,25). The van der Waals surface area contributed by atoms with Crippen LogP contribution in [0, 0.1) is 12.7 Å². The van der Waals surface area contributed by atoms with Gasteiger partial charge < -0.3 is 15.0 Å². The number of carboxylic acid groups (broad SMARTS) is 1. The van der Waals surface area contributed by atoms with E-state index in [4.69, 9.17) is 16.7 Å². The summed E-state index contributed by atoms with van der Waals surface area (Å²) in [7, 11) is 0. The van der Waals surface area contributed by atoms with Gasteiger partial charge in [-0.3, -0.25) is 9.59 Å². The molecular formula is C17H14ClFN2O4. The van der Waals surface area contributed by atoms with E-state index in [1.807, 2.05) is 0 Å². The monoisotopic (exact) mass is 364 g/mol. The van der Waals surface area contributed by atoms with Crippen LogP contribution in [0.5, 0.6) is 0 Å². The Morgan fingerprint density at radius 2 is 2.04 bits per heavy atom. The highest BCUT2D eigenvalue weighted by Crippen LogP contribution is 2.30. The fourth-order valence-electron chi connectivity index (χ4n) is 3.18. The van der Waals surface area contributed by atoms with Crippen molar-refractivity contribution in [2.24, 2.45) is 0 Å². The van der Waals surface area contributed by atoms with Crippen molar-refractivity contribution in [1.29, 1.82) is 0 Å². The fraction of sp³-hybridized carbons (Fsp3) is 0.235. The summed E-state index contributed by atoms with van der Waals surface area (Å²) < 4.78 is 14.9. The predicted molar refractivity (Wildman–Crippen MR) is 88.8 cm³/mol. The van der Waals surface area contributed by atoms with Gasteiger partial charge in [0.15, 0.2) is 0 Å². The van der Waals surface area contributed by atoms with E-state index < -0.39 is 23.5 Å². The Balaban J connectivity index is 2.01. The molecule has 0 saturated carbocycles. The van der Waals surface area contributed by atoms with Crippen molar-refractivity contribution in [2.45, 2.75) is 26.3 Å². The molecule has 1 amide bonds. The number of carboxylic acids is 1. The molecule has 3 rings (SSSR count). The van der Waals surface area contributed by atoms with E-state index >= 15 is 0 Å². The average molecular weight is 365 g/mol. The summed E-state index contributed by atoms with van der Waals surface area (Å²) in [5.74, 6) is -3.69. The Hall–Kier alpha value is -2.67. The number of rotatable bonds is 4. The molecule has 0 fully saturated rings. The molecule has 2 heterocycles. The minimum atomic E-state index is -1.55. The number of aromatic nitrogens is 1. The molecular weight excluding hydrogens is 351 g/mol. The molecule has 0 bridgehead atoms. The van der Waals surface area contributed by atoms with Crippen LogP contribution in [0.1, 0.15) is 38.5 Å². The minimum absolute atomic E-state index is 0.0762. The molecule has 1 aliphatic rings. The maximum atomic E-state index is 13.2. The van der Waals surface area contributed by atoms with Gasteiger partial charge in [0.2, 0.25) is 0 Å². The second-order valence-corrected chi connectivity index (χ2v) is 6.17. The van der Waals surface area contributed by atoms with Gasteiger partial charge in [-0.25, -0.2) is 9.18 Å². The van der Waals surface area contributed by atoms with E-state index in [1.54, 1.807) is 11.5 Å². The quantitative estimate of drug-likeness (QED) is 0.644. The number of aliphatic carboxylic acids is 1. The zero-order chi connectivity index (χ0) is 18.3. The van der Waals surface area contributed by atoms with Crippen molar-refractivity contribution in [1.82, 2.24) is 4.57 Å². The van der Waals surface area contributed by atoms with Gasteiger partial charge in [-0.15, -0.1) is 0 Å². The Kier molecular flexibility index (Phi) is 4.34. The highest BCUT2D eigenvalue weighted by atomic mass is 35.5. The van der Waals surface area contributed by atoms with E-state index in [2.05, 4.69) is 5.32 Å². The van der Waals surface area contributed by atoms with E-state index in [-0.39, 0.29) is 16.3 Å². The SMILES string of the molecule is Cc1c(C(=O)C(=O)O)c2n(c1C(=O)Nc1ccc(F)c(Cl)c1)CCC2. The topological polar surface area (TPSA) is 88.4 Å². The molecule has 25 heavy (non-hydrogen) atoms. The molecule has 0 unspecified atom stereocenters. The summed E-state index contributed by atoms with van der Waals surface area (Å²) in [4.78, 5) is 35.7. The first-order chi connectivity index (χ1) is 11.8. The van der Waals surface area contributed by atoms with Crippen molar-refractivity contribution < 1.29 is 23.9 Å². The highest BCUT2D eigenvalue weighted by Gasteiger charge is 2.32. The Morgan fingerprint density at radius 1 is 1.32 bits per heavy atom. The molecule has 1 aromatic carbocycles. The van der Waals surface area contributed by atoms with Gasteiger partial charge in [0, 0.05) is 17.9 Å². The molecule has 0 spiro atoms. The summed E-state index contributed by atoms with van der Waals surface area (Å²) >= 11 is 5.71. The van der Waals surface area contributed by atoms with Gasteiger partial charge in [-0.2, -0.15) is 0 Å². The van der Waals surface area contributed by atoms with Crippen LogP contribution in [0.15, 0.2) is 18.2 Å². The first-order valence-corrected chi connectivity index (χ1v) is 7.95. The molecule has 0 radical (unpaired) electrons. The van der Waals surface area contributed by atoms with Crippen LogP contribution < -0.4 is 5.32 Å². The predicted octanol–water partition coefficient (Wildman–Crippen LogP) is 3.05. The normalized spacial score (nSPS) is 12.8. The van der Waals surface area contributed by atoms with E-state index in [9.17, 15) is 18.8 Å². The number of hydrogen-bond acceptors (Lipinski definition) is 3. The molecule has 1 aromatic heterocycles. The molecule has 2 N–H and O–H groups in total. The summed E-state index contributed by atoms with van der Waals surface area (Å²) in [6.07, 6.45) is 1.25. The molecule has 130 valence electrons. The molecule has 8 heteroatoms. The molecule has 0 saturated heterocycles. The van der Waals surface area contributed by atoms with E-state index in [0.717, 1.165) is 12.5 Å². The maximum absolute atomic E-state index is 13.2. The zero-order valence-electron chi connectivity index (χ0n) is 13.2. The first kappa shape index (κ1) is 17.2. The summed E-state index contributed by atoms with van der Waals surface area (Å²) in [5, 5.41) is 11.5. The number of halogens is 2. The van der Waals surface area contributed by atoms with Gasteiger partial charge in [-0.05, 0) is 43.5 Å². The van der Waals surface area contributed by atoms with Crippen LogP contribution in [0.2, 0.25) is 5.02 Å². The van der Waals surface area contributed by atoms with Crippen LogP contribution in [-0.4, -0.2) is 27.3 Å². The third-order valence-corrected chi connectivity index (χ3v) is 4.51. The number of benzene rings is 1. The van der Waals surface area contributed by atoms with Crippen molar-refractivity contribution in [3.63, 3.8) is 0 Å². The second kappa shape index (κ2) is 6.33. The highest BCUT2D eigenvalue weighted by molar-refractivity contribution is 6.41. The van der Waals surface area contributed by atoms with Gasteiger partial charge in [0.1, 0.15) is 11.5 Å². The number of nitrogens with one attached hydrogen (secondary N) is 1. The molecule has 1 aliphatic heterocycles. The summed E-state index contributed by atoms with van der Waals surface area (Å²) in [5.41, 5.74) is 1.50. The molecule has 0 aliphatic carbocycles. The van der Waals surface area contributed by atoms with Crippen molar-refractivity contribution in [2.75, 3.05) is 5.32 Å². The van der Waals surface area contributed by atoms with Crippen LogP contribution in [0.3, 0.4) is 0 Å². The number of fused-ring (bicyclic) bond motifs is 1. The van der Waals surface area contributed by atoms with Gasteiger partial charge in [-0.1, -0.05) is 11.6 Å². The van der Waals surface area contributed by atoms with Crippen molar-refractivity contribution in [3.05, 3.63) is 51.6 Å². The number of amides is 1. The lowest BCUT2D eigenvalue weighted by molar-refractivity contribution is -0.131. The van der Waals surface area contributed by atoms with Gasteiger partial charge >= 0.3 is 5.97 Å². The number of anilines is 1. The first-order valence-electron chi connectivity index (χ1n) is 7.57. The second-order valence-electron chi connectivity index (χ2n) is 5.77. The Morgan fingerprint density at radius 3 is 2.68 bits per heavy atom. The number of carbonyl (C=O) groups is 3. The van der Waals surface area contributed by atoms with Crippen LogP contribution >= 0.6 is 11.6 Å². The third kappa shape index (κ3) is 2.91. The number of ketones is 1. The zero-order valence-corrected chi connectivity index (χ0v) is 14.0. The van der Waals surface area contributed by atoms with E-state index in [0.29, 0.717) is 29.9 Å². The number of Topliss-reactive ketones (excluding diaryl/α,β-unsaturated/α-hetero) is 1. The number of hydrogen-bond donors (Lipinski definition) is 2. The lowest BCUT2D eigenvalue weighted by atomic mass is 10.0. The summed E-state index contributed by atoms with van der Waals surface area (Å²) in [6.45, 7) is 2.07. The van der Waals surface area contributed by atoms with E-state index in [1.165, 1.54) is 12.1 Å². The molecule has 0 atom stereocenters. The fourth-order valence-corrected chi connectivity index (χ4v) is 3.36. The Labute approximate surface area is 147 Å². The Bertz CT molecular complexity index is 920. The van der Waals surface area contributed by atoms with Gasteiger partial charge in [0.05, 0.1) is 10.6 Å². The minimum Gasteiger partial charge on any atom is -0.475 e. The third-order valence-electron chi connectivity index (χ3n) is 4.22. The van der Waals surface area contributed by atoms with Crippen LogP contribution in [0.25, 0.3) is 0 Å². The number of carbonyl (C=O) groups excluding carboxylic acids is 2. The largest absolute Gasteiger partial charge is 0.475 e.